The molecule has 3 aromatic rings. The topological polar surface area (TPSA) is 89.0 Å². The van der Waals surface area contributed by atoms with Crippen LogP contribution in [0.15, 0.2) is 70.2 Å². The minimum Gasteiger partial charge on any atom is -0.493 e. The highest BCUT2D eigenvalue weighted by Gasteiger charge is 2.10. The predicted octanol–water partition coefficient (Wildman–Crippen LogP) is 4.86. The van der Waals surface area contributed by atoms with Crippen molar-refractivity contribution < 1.29 is 19.1 Å². The van der Waals surface area contributed by atoms with Crippen LogP contribution in [0.5, 0.6) is 11.5 Å². The zero-order valence-corrected chi connectivity index (χ0v) is 20.1. The molecule has 0 radical (unpaired) electrons. The Bertz CT molecular complexity index is 1180. The molecule has 0 heterocycles. The first-order valence-electron chi connectivity index (χ1n) is 10.1. The molecule has 0 unspecified atom stereocenters. The zero-order valence-electron chi connectivity index (χ0n) is 18.5. The Morgan fingerprint density at radius 2 is 1.79 bits per heavy atom. The molecule has 2 N–H and O–H groups in total. The molecule has 0 aliphatic carbocycles. The van der Waals surface area contributed by atoms with E-state index in [1.807, 2.05) is 32.0 Å². The van der Waals surface area contributed by atoms with E-state index in [1.54, 1.807) is 42.5 Å². The van der Waals surface area contributed by atoms with Gasteiger partial charge in [0.2, 0.25) is 0 Å². The average molecular weight is 510 g/mol. The molecule has 0 aliphatic rings. The highest BCUT2D eigenvalue weighted by atomic mass is 79.9. The van der Waals surface area contributed by atoms with E-state index < -0.39 is 0 Å². The minimum absolute atomic E-state index is 0.166. The first kappa shape index (κ1) is 24.0. The summed E-state index contributed by atoms with van der Waals surface area (Å²) in [6.07, 6.45) is 1.50. The van der Waals surface area contributed by atoms with Crippen molar-refractivity contribution in [2.75, 3.05) is 19.0 Å². The number of hydrogen-bond donors (Lipinski definition) is 2. The number of methoxy groups -OCH3 is 1. The molecule has 0 saturated heterocycles. The molecule has 33 heavy (non-hydrogen) atoms. The van der Waals surface area contributed by atoms with Gasteiger partial charge in [0, 0.05) is 15.7 Å². The van der Waals surface area contributed by atoms with E-state index in [0.717, 1.165) is 21.3 Å². The second-order valence-corrected chi connectivity index (χ2v) is 8.12. The van der Waals surface area contributed by atoms with Crippen LogP contribution >= 0.6 is 15.9 Å². The molecule has 0 saturated carbocycles. The Hall–Kier alpha value is -3.65. The summed E-state index contributed by atoms with van der Waals surface area (Å²) < 4.78 is 11.9. The molecule has 0 aromatic heterocycles. The summed E-state index contributed by atoms with van der Waals surface area (Å²) in [5, 5.41) is 6.84. The maximum Gasteiger partial charge on any atom is 0.271 e. The van der Waals surface area contributed by atoms with Crippen molar-refractivity contribution in [3.63, 3.8) is 0 Å². The van der Waals surface area contributed by atoms with Gasteiger partial charge < -0.3 is 14.8 Å². The van der Waals surface area contributed by atoms with Crippen molar-refractivity contribution in [2.24, 2.45) is 5.10 Å². The van der Waals surface area contributed by atoms with Crippen LogP contribution in [0.2, 0.25) is 0 Å². The first-order chi connectivity index (χ1) is 15.9. The van der Waals surface area contributed by atoms with Crippen molar-refractivity contribution in [3.05, 3.63) is 87.4 Å². The molecule has 2 amide bonds. The molecule has 170 valence electrons. The lowest BCUT2D eigenvalue weighted by atomic mass is 10.1. The fourth-order valence-corrected chi connectivity index (χ4v) is 3.20. The maximum atomic E-state index is 12.3. The van der Waals surface area contributed by atoms with E-state index in [9.17, 15) is 9.59 Å². The first-order valence-corrected chi connectivity index (χ1v) is 10.9. The minimum atomic E-state index is -0.319. The average Bonchev–Trinajstić information content (AvgIpc) is 2.81. The number of nitrogens with one attached hydrogen (secondary N) is 2. The summed E-state index contributed by atoms with van der Waals surface area (Å²) in [5.74, 6) is 0.273. The Kier molecular flexibility index (Phi) is 8.21. The van der Waals surface area contributed by atoms with E-state index in [1.165, 1.54) is 13.3 Å². The molecule has 0 bridgehead atoms. The van der Waals surface area contributed by atoms with Gasteiger partial charge in [0.15, 0.2) is 18.1 Å². The number of hydrogen-bond acceptors (Lipinski definition) is 5. The quantitative estimate of drug-likeness (QED) is 0.335. The summed E-state index contributed by atoms with van der Waals surface area (Å²) in [6.45, 7) is 3.78. The molecular formula is C25H24BrN3O4. The lowest BCUT2D eigenvalue weighted by molar-refractivity contribution is -0.118. The summed E-state index contributed by atoms with van der Waals surface area (Å²) in [6, 6.07) is 17.8. The summed E-state index contributed by atoms with van der Waals surface area (Å²) in [7, 11) is 1.51. The van der Waals surface area contributed by atoms with E-state index in [-0.39, 0.29) is 18.4 Å². The smallest absolute Gasteiger partial charge is 0.271 e. The Morgan fingerprint density at radius 1 is 1.03 bits per heavy atom. The van der Waals surface area contributed by atoms with Crippen LogP contribution in [0.25, 0.3) is 0 Å². The van der Waals surface area contributed by atoms with Crippen LogP contribution in [0.3, 0.4) is 0 Å². The number of rotatable bonds is 8. The predicted molar refractivity (Wildman–Crippen MR) is 132 cm³/mol. The van der Waals surface area contributed by atoms with Crippen LogP contribution in [0, 0.1) is 13.8 Å². The summed E-state index contributed by atoms with van der Waals surface area (Å²) in [4.78, 5) is 24.4. The molecule has 0 atom stereocenters. The number of ether oxygens (including phenoxy) is 2. The number of amides is 2. The van der Waals surface area contributed by atoms with Gasteiger partial charge in [0.25, 0.3) is 11.8 Å². The van der Waals surface area contributed by atoms with Gasteiger partial charge in [-0.2, -0.15) is 5.10 Å². The van der Waals surface area contributed by atoms with Crippen LogP contribution in [-0.4, -0.2) is 31.7 Å². The molecular weight excluding hydrogens is 486 g/mol. The van der Waals surface area contributed by atoms with Gasteiger partial charge in [-0.3, -0.25) is 9.59 Å². The Morgan fingerprint density at radius 3 is 2.52 bits per heavy atom. The van der Waals surface area contributed by atoms with Gasteiger partial charge in [-0.25, -0.2) is 5.43 Å². The lowest BCUT2D eigenvalue weighted by Gasteiger charge is -2.13. The fraction of sp³-hybridized carbons (Fsp3) is 0.160. The van der Waals surface area contributed by atoms with Crippen molar-refractivity contribution >= 4 is 39.6 Å². The third-order valence-corrected chi connectivity index (χ3v) is 5.44. The van der Waals surface area contributed by atoms with E-state index >= 15 is 0 Å². The maximum absolute atomic E-state index is 12.3. The molecule has 7 nitrogen and oxygen atoms in total. The van der Waals surface area contributed by atoms with Crippen LogP contribution in [0.1, 0.15) is 27.0 Å². The number of aryl methyl sites for hydroxylation is 1. The zero-order chi connectivity index (χ0) is 23.8. The largest absolute Gasteiger partial charge is 0.493 e. The Balaban J connectivity index is 1.58. The van der Waals surface area contributed by atoms with Crippen molar-refractivity contribution in [1.29, 1.82) is 0 Å². The summed E-state index contributed by atoms with van der Waals surface area (Å²) >= 11 is 3.33. The van der Waals surface area contributed by atoms with Crippen LogP contribution < -0.4 is 20.2 Å². The van der Waals surface area contributed by atoms with E-state index in [2.05, 4.69) is 31.8 Å². The highest BCUT2D eigenvalue weighted by molar-refractivity contribution is 9.10. The van der Waals surface area contributed by atoms with Crippen molar-refractivity contribution in [3.8, 4) is 11.5 Å². The SMILES string of the molecule is COc1cc(/C=N/NC(=O)c2ccc(Br)cc2)ccc1OCC(=O)Nc1cccc(C)c1C. The van der Waals surface area contributed by atoms with Gasteiger partial charge in [-0.05, 0) is 79.1 Å². The monoisotopic (exact) mass is 509 g/mol. The number of benzene rings is 3. The van der Waals surface area contributed by atoms with Gasteiger partial charge >= 0.3 is 0 Å². The van der Waals surface area contributed by atoms with Crippen molar-refractivity contribution in [1.82, 2.24) is 5.43 Å². The molecule has 0 spiro atoms. The van der Waals surface area contributed by atoms with Gasteiger partial charge in [-0.1, -0.05) is 28.1 Å². The van der Waals surface area contributed by atoms with Crippen LogP contribution in [-0.2, 0) is 4.79 Å². The van der Waals surface area contributed by atoms with Crippen LogP contribution in [0.4, 0.5) is 5.69 Å². The number of hydrazone groups is 1. The fourth-order valence-electron chi connectivity index (χ4n) is 2.93. The number of carbonyl (C=O) groups excluding carboxylic acids is 2. The molecule has 8 heteroatoms. The second-order valence-electron chi connectivity index (χ2n) is 7.20. The summed E-state index contributed by atoms with van der Waals surface area (Å²) in [5.41, 5.74) is 6.53. The number of anilines is 1. The van der Waals surface area contributed by atoms with Gasteiger partial charge in [0.1, 0.15) is 0 Å². The third-order valence-electron chi connectivity index (χ3n) is 4.91. The third kappa shape index (κ3) is 6.66. The number of halogens is 1. The lowest BCUT2D eigenvalue weighted by Crippen LogP contribution is -2.21. The highest BCUT2D eigenvalue weighted by Crippen LogP contribution is 2.27. The normalized spacial score (nSPS) is 10.7. The van der Waals surface area contributed by atoms with Gasteiger partial charge in [0.05, 0.1) is 13.3 Å². The van der Waals surface area contributed by atoms with Gasteiger partial charge in [-0.15, -0.1) is 0 Å². The molecule has 3 rings (SSSR count). The Labute approximate surface area is 200 Å². The number of carbonyl (C=O) groups is 2. The molecule has 0 fully saturated rings. The van der Waals surface area contributed by atoms with E-state index in [0.29, 0.717) is 22.6 Å². The number of nitrogens with zero attached hydrogens (tertiary/aromatic N) is 1. The molecule has 0 aliphatic heterocycles. The molecule has 3 aromatic carbocycles. The van der Waals surface area contributed by atoms with E-state index in [4.69, 9.17) is 9.47 Å². The standard InChI is InChI=1S/C25H24BrN3O4/c1-16-5-4-6-21(17(16)2)28-24(30)15-33-22-12-7-18(13-23(22)32-3)14-27-29-25(31)19-8-10-20(26)11-9-19/h4-14H,15H2,1-3H3,(H,28,30)(H,29,31)/b27-14+. The van der Waals surface area contributed by atoms with Crippen molar-refractivity contribution in [2.45, 2.75) is 13.8 Å². The second kappa shape index (κ2) is 11.3.